The Morgan fingerprint density at radius 1 is 1.22 bits per heavy atom. The summed E-state index contributed by atoms with van der Waals surface area (Å²) >= 11 is 6.00. The van der Waals surface area contributed by atoms with Gasteiger partial charge >= 0.3 is 0 Å². The van der Waals surface area contributed by atoms with Crippen molar-refractivity contribution in [2.75, 3.05) is 13.1 Å². The number of rotatable bonds is 6. The van der Waals surface area contributed by atoms with Crippen LogP contribution in [0.5, 0.6) is 0 Å². The van der Waals surface area contributed by atoms with Crippen LogP contribution in [0.25, 0.3) is 0 Å². The molecule has 2 amide bonds. The van der Waals surface area contributed by atoms with Gasteiger partial charge in [-0.2, -0.15) is 0 Å². The van der Waals surface area contributed by atoms with Gasteiger partial charge in [0.05, 0.1) is 6.54 Å². The lowest BCUT2D eigenvalue weighted by atomic mass is 10.1. The predicted octanol–water partition coefficient (Wildman–Crippen LogP) is 1.61. The van der Waals surface area contributed by atoms with Crippen LogP contribution in [-0.4, -0.2) is 24.9 Å². The van der Waals surface area contributed by atoms with Crippen molar-refractivity contribution in [2.24, 2.45) is 0 Å². The molecule has 0 aliphatic heterocycles. The Balaban J connectivity index is 2.39. The highest BCUT2D eigenvalue weighted by molar-refractivity contribution is 6.30. The van der Waals surface area contributed by atoms with Crippen molar-refractivity contribution in [2.45, 2.75) is 18.7 Å². The van der Waals surface area contributed by atoms with Crippen LogP contribution in [0, 0.1) is 0 Å². The van der Waals surface area contributed by atoms with E-state index in [0.717, 1.165) is 6.42 Å². The number of carbonyl (C=O) groups excluding carboxylic acids is 2. The van der Waals surface area contributed by atoms with Gasteiger partial charge < -0.3 is 10.6 Å². The van der Waals surface area contributed by atoms with Crippen molar-refractivity contribution in [3.8, 4) is 0 Å². The fourth-order valence-electron chi connectivity index (χ4n) is 1.36. The van der Waals surface area contributed by atoms with Gasteiger partial charge in [-0.15, -0.1) is 11.6 Å². The third kappa shape index (κ3) is 4.75. The molecule has 0 saturated carbocycles. The minimum atomic E-state index is -0.773. The highest BCUT2D eigenvalue weighted by atomic mass is 35.5. The lowest BCUT2D eigenvalue weighted by molar-refractivity contribution is -0.125. The van der Waals surface area contributed by atoms with E-state index in [1.165, 1.54) is 0 Å². The molecule has 1 unspecified atom stereocenters. The summed E-state index contributed by atoms with van der Waals surface area (Å²) in [6, 6.07) is 9.02. The first-order chi connectivity index (χ1) is 8.65. The zero-order chi connectivity index (χ0) is 13.4. The molecule has 0 saturated heterocycles. The van der Waals surface area contributed by atoms with E-state index in [0.29, 0.717) is 12.1 Å². The molecule has 0 aliphatic rings. The van der Waals surface area contributed by atoms with Crippen LogP contribution in [-0.2, 0) is 9.59 Å². The zero-order valence-corrected chi connectivity index (χ0v) is 11.0. The van der Waals surface area contributed by atoms with Crippen molar-refractivity contribution >= 4 is 23.4 Å². The van der Waals surface area contributed by atoms with Crippen LogP contribution < -0.4 is 10.6 Å². The van der Waals surface area contributed by atoms with E-state index in [1.807, 2.05) is 25.1 Å². The van der Waals surface area contributed by atoms with Crippen LogP contribution >= 0.6 is 11.6 Å². The van der Waals surface area contributed by atoms with Gasteiger partial charge in [0.2, 0.25) is 11.8 Å². The van der Waals surface area contributed by atoms with E-state index in [9.17, 15) is 9.59 Å². The van der Waals surface area contributed by atoms with Gasteiger partial charge in [0, 0.05) is 6.54 Å². The molecule has 1 aromatic carbocycles. The average Bonchev–Trinajstić information content (AvgIpc) is 2.42. The Hall–Kier alpha value is -1.55. The van der Waals surface area contributed by atoms with Crippen molar-refractivity contribution in [1.29, 1.82) is 0 Å². The molecule has 2 N–H and O–H groups in total. The maximum atomic E-state index is 11.7. The number of hydrogen-bond donors (Lipinski definition) is 2. The third-order valence-electron chi connectivity index (χ3n) is 2.32. The van der Waals surface area contributed by atoms with E-state index >= 15 is 0 Å². The molecule has 0 aliphatic carbocycles. The SMILES string of the molecule is CCCNC(=O)CNC(=O)C(Cl)c1ccccc1. The molecule has 0 heterocycles. The number of benzene rings is 1. The van der Waals surface area contributed by atoms with Crippen molar-refractivity contribution in [3.63, 3.8) is 0 Å². The standard InChI is InChI=1S/C13H17ClN2O2/c1-2-8-15-11(17)9-16-13(18)12(14)10-6-4-3-5-7-10/h3-7,12H,2,8-9H2,1H3,(H,15,17)(H,16,18). The Morgan fingerprint density at radius 3 is 2.50 bits per heavy atom. The normalized spacial score (nSPS) is 11.7. The summed E-state index contributed by atoms with van der Waals surface area (Å²) in [5, 5.41) is 4.40. The van der Waals surface area contributed by atoms with Crippen LogP contribution in [0.2, 0.25) is 0 Å². The number of alkyl halides is 1. The molecule has 0 spiro atoms. The van der Waals surface area contributed by atoms with Gasteiger partial charge in [0.1, 0.15) is 5.38 Å². The number of carbonyl (C=O) groups is 2. The third-order valence-corrected chi connectivity index (χ3v) is 2.77. The van der Waals surface area contributed by atoms with E-state index in [1.54, 1.807) is 12.1 Å². The number of nitrogens with one attached hydrogen (secondary N) is 2. The van der Waals surface area contributed by atoms with E-state index in [-0.39, 0.29) is 18.4 Å². The topological polar surface area (TPSA) is 58.2 Å². The Bertz CT molecular complexity index is 395. The molecule has 5 heteroatoms. The van der Waals surface area contributed by atoms with Crippen LogP contribution in [0.1, 0.15) is 24.3 Å². The summed E-state index contributed by atoms with van der Waals surface area (Å²) in [5.41, 5.74) is 0.714. The van der Waals surface area contributed by atoms with Crippen molar-refractivity contribution in [1.82, 2.24) is 10.6 Å². The molecule has 1 atom stereocenters. The van der Waals surface area contributed by atoms with Gasteiger partial charge in [-0.3, -0.25) is 9.59 Å². The molecular weight excluding hydrogens is 252 g/mol. The quantitative estimate of drug-likeness (QED) is 0.770. The van der Waals surface area contributed by atoms with Gasteiger partial charge in [0.15, 0.2) is 0 Å². The number of hydrogen-bond acceptors (Lipinski definition) is 2. The Kier molecular flexibility index (Phi) is 6.22. The molecular formula is C13H17ClN2O2. The largest absolute Gasteiger partial charge is 0.355 e. The molecule has 0 fully saturated rings. The molecule has 0 aromatic heterocycles. The summed E-state index contributed by atoms with van der Waals surface area (Å²) in [6.45, 7) is 2.52. The van der Waals surface area contributed by atoms with Crippen LogP contribution in [0.15, 0.2) is 30.3 Å². The van der Waals surface area contributed by atoms with E-state index in [2.05, 4.69) is 10.6 Å². The van der Waals surface area contributed by atoms with Crippen LogP contribution in [0.3, 0.4) is 0 Å². The van der Waals surface area contributed by atoms with Crippen molar-refractivity contribution in [3.05, 3.63) is 35.9 Å². The lowest BCUT2D eigenvalue weighted by Crippen LogP contribution is -2.38. The number of halogens is 1. The smallest absolute Gasteiger partial charge is 0.243 e. The molecule has 18 heavy (non-hydrogen) atoms. The molecule has 1 aromatic rings. The second-order valence-electron chi connectivity index (χ2n) is 3.84. The van der Waals surface area contributed by atoms with Gasteiger partial charge in [-0.05, 0) is 12.0 Å². The summed E-state index contributed by atoms with van der Waals surface area (Å²) < 4.78 is 0. The predicted molar refractivity (Wildman–Crippen MR) is 71.3 cm³/mol. The first kappa shape index (κ1) is 14.5. The lowest BCUT2D eigenvalue weighted by Gasteiger charge is -2.10. The molecule has 0 radical (unpaired) electrons. The maximum absolute atomic E-state index is 11.7. The number of amides is 2. The minimum absolute atomic E-state index is 0.0467. The maximum Gasteiger partial charge on any atom is 0.243 e. The second kappa shape index (κ2) is 7.71. The second-order valence-corrected chi connectivity index (χ2v) is 4.28. The highest BCUT2D eigenvalue weighted by Crippen LogP contribution is 2.19. The van der Waals surface area contributed by atoms with E-state index in [4.69, 9.17) is 11.6 Å². The summed E-state index contributed by atoms with van der Waals surface area (Å²) in [7, 11) is 0. The van der Waals surface area contributed by atoms with Crippen LogP contribution in [0.4, 0.5) is 0 Å². The molecule has 1 rings (SSSR count). The molecule has 4 nitrogen and oxygen atoms in total. The fourth-order valence-corrected chi connectivity index (χ4v) is 1.58. The van der Waals surface area contributed by atoms with E-state index < -0.39 is 5.38 Å². The van der Waals surface area contributed by atoms with Gasteiger partial charge in [-0.1, -0.05) is 37.3 Å². The fraction of sp³-hybridized carbons (Fsp3) is 0.385. The highest BCUT2D eigenvalue weighted by Gasteiger charge is 2.17. The van der Waals surface area contributed by atoms with Gasteiger partial charge in [0.25, 0.3) is 0 Å². The van der Waals surface area contributed by atoms with Crippen molar-refractivity contribution < 1.29 is 9.59 Å². The Morgan fingerprint density at radius 2 is 1.89 bits per heavy atom. The molecule has 98 valence electrons. The molecule has 0 bridgehead atoms. The zero-order valence-electron chi connectivity index (χ0n) is 10.3. The summed E-state index contributed by atoms with van der Waals surface area (Å²) in [5.74, 6) is -0.573. The first-order valence-electron chi connectivity index (χ1n) is 5.88. The summed E-state index contributed by atoms with van der Waals surface area (Å²) in [6.07, 6.45) is 0.863. The van der Waals surface area contributed by atoms with Gasteiger partial charge in [-0.25, -0.2) is 0 Å². The summed E-state index contributed by atoms with van der Waals surface area (Å²) in [4.78, 5) is 23.0. The average molecular weight is 269 g/mol. The minimum Gasteiger partial charge on any atom is -0.355 e. The monoisotopic (exact) mass is 268 g/mol. The Labute approximate surface area is 112 Å². The first-order valence-corrected chi connectivity index (χ1v) is 6.32.